The van der Waals surface area contributed by atoms with Crippen LogP contribution in [0.2, 0.25) is 0 Å². The Morgan fingerprint density at radius 2 is 2.14 bits per heavy atom. The topological polar surface area (TPSA) is 40.5 Å². The Hall–Kier alpha value is -0.570. The molecule has 1 rings (SSSR count). The lowest BCUT2D eigenvalue weighted by Crippen LogP contribution is -2.46. The van der Waals surface area contributed by atoms with Crippen LogP contribution in [0.15, 0.2) is 0 Å². The fraction of sp³-hybridized carbons (Fsp3) is 0.909. The van der Waals surface area contributed by atoms with E-state index in [1.165, 1.54) is 0 Å². The molecule has 0 bridgehead atoms. The molecule has 0 saturated carbocycles. The monoisotopic (exact) mass is 199 g/mol. The van der Waals surface area contributed by atoms with E-state index in [9.17, 15) is 4.79 Å². The first-order valence-electron chi connectivity index (χ1n) is 5.62. The summed E-state index contributed by atoms with van der Waals surface area (Å²) in [6, 6.07) is 0.629. The summed E-state index contributed by atoms with van der Waals surface area (Å²) in [5, 5.41) is 9.12. The zero-order valence-electron chi connectivity index (χ0n) is 9.36. The van der Waals surface area contributed by atoms with Gasteiger partial charge in [-0.05, 0) is 32.6 Å². The lowest BCUT2D eigenvalue weighted by atomic mass is 10.1. The summed E-state index contributed by atoms with van der Waals surface area (Å²) in [7, 11) is 0. The molecular formula is C11H21NO2. The predicted molar refractivity (Wildman–Crippen MR) is 56.3 cm³/mol. The highest BCUT2D eigenvalue weighted by atomic mass is 16.4. The van der Waals surface area contributed by atoms with Crippen molar-refractivity contribution < 1.29 is 9.90 Å². The van der Waals surface area contributed by atoms with Crippen molar-refractivity contribution in [1.82, 2.24) is 4.90 Å². The molecule has 0 aromatic carbocycles. The maximum atomic E-state index is 11.1. The third-order valence-corrected chi connectivity index (χ3v) is 3.35. The Morgan fingerprint density at radius 3 is 2.57 bits per heavy atom. The average Bonchev–Trinajstić information content (AvgIpc) is 2.49. The Morgan fingerprint density at radius 1 is 1.50 bits per heavy atom. The van der Waals surface area contributed by atoms with Crippen LogP contribution >= 0.6 is 0 Å². The molecule has 82 valence electrons. The van der Waals surface area contributed by atoms with Crippen molar-refractivity contribution in [3.63, 3.8) is 0 Å². The Bertz CT molecular complexity index is 205. The van der Waals surface area contributed by atoms with Gasteiger partial charge in [-0.15, -0.1) is 0 Å². The minimum atomic E-state index is -0.667. The molecule has 0 spiro atoms. The summed E-state index contributed by atoms with van der Waals surface area (Å²) in [5.74, 6) is -0.667. The van der Waals surface area contributed by atoms with Gasteiger partial charge in [-0.3, -0.25) is 9.69 Å². The second kappa shape index (κ2) is 4.78. The Balaban J connectivity index is 2.75. The molecule has 0 aliphatic carbocycles. The third kappa shape index (κ3) is 2.08. The highest BCUT2D eigenvalue weighted by Crippen LogP contribution is 2.29. The van der Waals surface area contributed by atoms with Gasteiger partial charge >= 0.3 is 5.97 Å². The van der Waals surface area contributed by atoms with E-state index in [1.807, 2.05) is 6.92 Å². The average molecular weight is 199 g/mol. The second-order valence-electron chi connectivity index (χ2n) is 4.20. The normalized spacial score (nSPS) is 30.5. The molecule has 3 nitrogen and oxygen atoms in total. The summed E-state index contributed by atoms with van der Waals surface area (Å²) >= 11 is 0. The van der Waals surface area contributed by atoms with E-state index in [0.29, 0.717) is 18.5 Å². The summed E-state index contributed by atoms with van der Waals surface area (Å²) in [5.41, 5.74) is 0. The zero-order valence-corrected chi connectivity index (χ0v) is 9.36. The fourth-order valence-corrected chi connectivity index (χ4v) is 2.58. The van der Waals surface area contributed by atoms with Crippen LogP contribution in [-0.4, -0.2) is 34.1 Å². The Kier molecular flexibility index (Phi) is 3.93. The highest BCUT2D eigenvalue weighted by molar-refractivity contribution is 5.73. The van der Waals surface area contributed by atoms with Gasteiger partial charge in [0.05, 0.1) is 0 Å². The molecule has 0 radical (unpaired) electrons. The van der Waals surface area contributed by atoms with Gasteiger partial charge in [0.15, 0.2) is 0 Å². The maximum Gasteiger partial charge on any atom is 0.320 e. The summed E-state index contributed by atoms with van der Waals surface area (Å²) in [6.45, 7) is 6.24. The molecule has 14 heavy (non-hydrogen) atoms. The van der Waals surface area contributed by atoms with Crippen molar-refractivity contribution in [3.8, 4) is 0 Å². The highest BCUT2D eigenvalue weighted by Gasteiger charge is 2.36. The number of carboxylic acids is 1. The maximum absolute atomic E-state index is 11.1. The van der Waals surface area contributed by atoms with E-state index >= 15 is 0 Å². The number of aliphatic carboxylic acids is 1. The first-order chi connectivity index (χ1) is 6.61. The van der Waals surface area contributed by atoms with E-state index in [1.54, 1.807) is 0 Å². The van der Waals surface area contributed by atoms with Crippen LogP contribution in [0.25, 0.3) is 0 Å². The van der Waals surface area contributed by atoms with Crippen LogP contribution in [0, 0.1) is 0 Å². The molecule has 3 unspecified atom stereocenters. The molecule has 1 aliphatic rings. The number of likely N-dealkylation sites (tertiary alicyclic amines) is 1. The van der Waals surface area contributed by atoms with Crippen molar-refractivity contribution in [2.24, 2.45) is 0 Å². The van der Waals surface area contributed by atoms with E-state index in [4.69, 9.17) is 5.11 Å². The van der Waals surface area contributed by atoms with Crippen LogP contribution in [0.4, 0.5) is 0 Å². The largest absolute Gasteiger partial charge is 0.480 e. The van der Waals surface area contributed by atoms with Crippen molar-refractivity contribution in [2.75, 3.05) is 0 Å². The minimum absolute atomic E-state index is 0.280. The Labute approximate surface area is 86.1 Å². The number of carboxylic acid groups (broad SMARTS) is 1. The van der Waals surface area contributed by atoms with Crippen LogP contribution < -0.4 is 0 Å². The van der Waals surface area contributed by atoms with E-state index in [2.05, 4.69) is 18.7 Å². The van der Waals surface area contributed by atoms with Crippen molar-refractivity contribution in [1.29, 1.82) is 0 Å². The van der Waals surface area contributed by atoms with Gasteiger partial charge in [-0.2, -0.15) is 0 Å². The van der Waals surface area contributed by atoms with Gasteiger partial charge in [-0.1, -0.05) is 13.8 Å². The molecule has 0 aromatic rings. The van der Waals surface area contributed by atoms with Crippen molar-refractivity contribution >= 4 is 5.97 Å². The van der Waals surface area contributed by atoms with Crippen LogP contribution in [0.5, 0.6) is 0 Å². The standard InChI is InChI=1S/C11H21NO2/c1-4-9-7-6-8(3)12(9)10(5-2)11(13)14/h8-10H,4-7H2,1-3H3,(H,13,14). The molecule has 1 aliphatic heterocycles. The zero-order chi connectivity index (χ0) is 10.7. The lowest BCUT2D eigenvalue weighted by Gasteiger charge is -2.32. The van der Waals surface area contributed by atoms with Gasteiger partial charge in [0.2, 0.25) is 0 Å². The molecular weight excluding hydrogens is 178 g/mol. The molecule has 3 heteroatoms. The first-order valence-corrected chi connectivity index (χ1v) is 5.62. The van der Waals surface area contributed by atoms with E-state index in [-0.39, 0.29) is 6.04 Å². The summed E-state index contributed by atoms with van der Waals surface area (Å²) in [6.07, 6.45) is 4.06. The van der Waals surface area contributed by atoms with Crippen LogP contribution in [-0.2, 0) is 4.79 Å². The molecule has 0 aromatic heterocycles. The van der Waals surface area contributed by atoms with Gasteiger partial charge in [0, 0.05) is 12.1 Å². The third-order valence-electron chi connectivity index (χ3n) is 3.35. The molecule has 0 amide bonds. The molecule has 1 N–H and O–H groups in total. The number of rotatable bonds is 4. The predicted octanol–water partition coefficient (Wildman–Crippen LogP) is 2.11. The number of nitrogens with zero attached hydrogens (tertiary/aromatic N) is 1. The summed E-state index contributed by atoms with van der Waals surface area (Å²) < 4.78 is 0. The van der Waals surface area contributed by atoms with Gasteiger partial charge in [0.1, 0.15) is 6.04 Å². The molecule has 1 fully saturated rings. The van der Waals surface area contributed by atoms with Crippen LogP contribution in [0.3, 0.4) is 0 Å². The van der Waals surface area contributed by atoms with Crippen LogP contribution in [0.1, 0.15) is 46.5 Å². The number of hydrogen-bond donors (Lipinski definition) is 1. The number of carbonyl (C=O) groups is 1. The van der Waals surface area contributed by atoms with Gasteiger partial charge in [0.25, 0.3) is 0 Å². The number of hydrogen-bond acceptors (Lipinski definition) is 2. The molecule has 3 atom stereocenters. The smallest absolute Gasteiger partial charge is 0.320 e. The van der Waals surface area contributed by atoms with E-state index in [0.717, 1.165) is 19.3 Å². The fourth-order valence-electron chi connectivity index (χ4n) is 2.58. The molecule has 1 heterocycles. The van der Waals surface area contributed by atoms with Gasteiger partial charge < -0.3 is 5.11 Å². The first kappa shape index (κ1) is 11.5. The SMILES string of the molecule is CCC1CCC(C)N1C(CC)C(=O)O. The minimum Gasteiger partial charge on any atom is -0.480 e. The van der Waals surface area contributed by atoms with Gasteiger partial charge in [-0.25, -0.2) is 0 Å². The van der Waals surface area contributed by atoms with E-state index < -0.39 is 5.97 Å². The lowest BCUT2D eigenvalue weighted by molar-refractivity contribution is -0.144. The quantitative estimate of drug-likeness (QED) is 0.754. The second-order valence-corrected chi connectivity index (χ2v) is 4.20. The van der Waals surface area contributed by atoms with Crippen molar-refractivity contribution in [2.45, 2.75) is 64.6 Å². The van der Waals surface area contributed by atoms with Crippen molar-refractivity contribution in [3.05, 3.63) is 0 Å². The summed E-state index contributed by atoms with van der Waals surface area (Å²) in [4.78, 5) is 13.3. The molecule has 1 saturated heterocycles.